The Balaban J connectivity index is 3.72. The summed E-state index contributed by atoms with van der Waals surface area (Å²) in [6, 6.07) is -1.75. The third kappa shape index (κ3) is 3.13. The summed E-state index contributed by atoms with van der Waals surface area (Å²) in [5.41, 5.74) is 4.66. The highest BCUT2D eigenvalue weighted by Gasteiger charge is 2.35. The summed E-state index contributed by atoms with van der Waals surface area (Å²) < 4.78 is 34.4. The van der Waals surface area contributed by atoms with E-state index in [1.54, 1.807) is 0 Å². The SMILES string of the molecule is C=CC[C@H](N)C(F)(F)F. The van der Waals surface area contributed by atoms with E-state index in [0.717, 1.165) is 6.08 Å². The van der Waals surface area contributed by atoms with Crippen LogP contribution in [0, 0.1) is 0 Å². The second-order valence-electron chi connectivity index (χ2n) is 1.67. The molecule has 0 aromatic heterocycles. The summed E-state index contributed by atoms with van der Waals surface area (Å²) in [6.45, 7) is 3.13. The van der Waals surface area contributed by atoms with Crippen LogP contribution < -0.4 is 5.73 Å². The van der Waals surface area contributed by atoms with Crippen LogP contribution >= 0.6 is 0 Å². The lowest BCUT2D eigenvalue weighted by Gasteiger charge is -2.12. The molecule has 0 aliphatic carbocycles. The van der Waals surface area contributed by atoms with Gasteiger partial charge in [0.15, 0.2) is 0 Å². The smallest absolute Gasteiger partial charge is 0.320 e. The predicted molar refractivity (Wildman–Crippen MR) is 28.8 cm³/mol. The third-order valence-electron chi connectivity index (χ3n) is 0.841. The molecule has 0 rings (SSSR count). The molecular formula is C5H8F3N. The molecule has 9 heavy (non-hydrogen) atoms. The van der Waals surface area contributed by atoms with Crippen molar-refractivity contribution in [3.63, 3.8) is 0 Å². The van der Waals surface area contributed by atoms with Crippen LogP contribution in [0.2, 0.25) is 0 Å². The molecule has 0 fully saturated rings. The van der Waals surface area contributed by atoms with E-state index in [9.17, 15) is 13.2 Å². The molecule has 0 aliphatic heterocycles. The lowest BCUT2D eigenvalue weighted by molar-refractivity contribution is -0.146. The van der Waals surface area contributed by atoms with Crippen molar-refractivity contribution in [2.75, 3.05) is 0 Å². The highest BCUT2D eigenvalue weighted by Crippen LogP contribution is 2.20. The zero-order valence-electron chi connectivity index (χ0n) is 4.78. The van der Waals surface area contributed by atoms with Crippen LogP contribution in [0.4, 0.5) is 13.2 Å². The molecule has 0 bridgehead atoms. The van der Waals surface area contributed by atoms with Gasteiger partial charge in [-0.2, -0.15) is 13.2 Å². The summed E-state index contributed by atoms with van der Waals surface area (Å²) in [7, 11) is 0. The van der Waals surface area contributed by atoms with Crippen LogP contribution in [-0.2, 0) is 0 Å². The van der Waals surface area contributed by atoms with E-state index in [1.165, 1.54) is 0 Å². The van der Waals surface area contributed by atoms with Gasteiger partial charge in [0.1, 0.15) is 6.04 Å². The van der Waals surface area contributed by atoms with E-state index in [4.69, 9.17) is 0 Å². The molecule has 0 heterocycles. The van der Waals surface area contributed by atoms with Crippen LogP contribution in [0.3, 0.4) is 0 Å². The molecule has 0 spiro atoms. The maximum Gasteiger partial charge on any atom is 0.403 e. The van der Waals surface area contributed by atoms with Crippen LogP contribution in [0.25, 0.3) is 0 Å². The normalized spacial score (nSPS) is 15.1. The molecule has 0 saturated carbocycles. The second kappa shape index (κ2) is 2.87. The minimum Gasteiger partial charge on any atom is -0.320 e. The first kappa shape index (κ1) is 8.49. The molecule has 0 saturated heterocycles. The quantitative estimate of drug-likeness (QED) is 0.576. The van der Waals surface area contributed by atoms with E-state index in [2.05, 4.69) is 12.3 Å². The van der Waals surface area contributed by atoms with Gasteiger partial charge in [0.2, 0.25) is 0 Å². The van der Waals surface area contributed by atoms with Crippen molar-refractivity contribution in [2.45, 2.75) is 18.6 Å². The van der Waals surface area contributed by atoms with Gasteiger partial charge in [-0.25, -0.2) is 0 Å². The summed E-state index contributed by atoms with van der Waals surface area (Å²) in [6.07, 6.45) is -3.35. The zero-order valence-corrected chi connectivity index (χ0v) is 4.78. The summed E-state index contributed by atoms with van der Waals surface area (Å²) in [4.78, 5) is 0. The van der Waals surface area contributed by atoms with Gasteiger partial charge >= 0.3 is 6.18 Å². The van der Waals surface area contributed by atoms with Crippen molar-refractivity contribution in [1.82, 2.24) is 0 Å². The van der Waals surface area contributed by atoms with Gasteiger partial charge in [0, 0.05) is 0 Å². The molecule has 0 aromatic carbocycles. The predicted octanol–water partition coefficient (Wildman–Crippen LogP) is 1.45. The number of rotatable bonds is 2. The topological polar surface area (TPSA) is 26.0 Å². The van der Waals surface area contributed by atoms with Crippen LogP contribution in [0.1, 0.15) is 6.42 Å². The first-order valence-corrected chi connectivity index (χ1v) is 2.41. The highest BCUT2D eigenvalue weighted by atomic mass is 19.4. The molecule has 1 nitrogen and oxygen atoms in total. The Hall–Kier alpha value is -0.510. The van der Waals surface area contributed by atoms with E-state index in [0.29, 0.717) is 0 Å². The number of hydrogen-bond donors (Lipinski definition) is 1. The summed E-state index contributed by atoms with van der Waals surface area (Å²) >= 11 is 0. The number of halogens is 3. The van der Waals surface area contributed by atoms with Crippen LogP contribution in [0.5, 0.6) is 0 Å². The lowest BCUT2D eigenvalue weighted by Crippen LogP contribution is -2.36. The minimum atomic E-state index is -4.28. The fourth-order valence-corrected chi connectivity index (χ4v) is 0.313. The summed E-state index contributed by atoms with van der Waals surface area (Å²) in [5, 5.41) is 0. The van der Waals surface area contributed by atoms with Gasteiger partial charge in [-0.1, -0.05) is 6.08 Å². The van der Waals surface area contributed by atoms with Gasteiger partial charge in [-0.05, 0) is 6.42 Å². The highest BCUT2D eigenvalue weighted by molar-refractivity contribution is 4.79. The fourth-order valence-electron chi connectivity index (χ4n) is 0.313. The Kier molecular flexibility index (Phi) is 2.70. The van der Waals surface area contributed by atoms with Gasteiger partial charge in [-0.15, -0.1) is 6.58 Å². The van der Waals surface area contributed by atoms with Gasteiger partial charge < -0.3 is 5.73 Å². The number of hydrogen-bond acceptors (Lipinski definition) is 1. The van der Waals surface area contributed by atoms with Crippen molar-refractivity contribution in [2.24, 2.45) is 5.73 Å². The standard InChI is InChI=1S/C5H8F3N/c1-2-3-4(9)5(6,7)8/h2,4H,1,3,9H2/t4-/m0/s1. The first-order chi connectivity index (χ1) is 3.98. The average Bonchev–Trinajstić information content (AvgIpc) is 1.64. The Labute approximate surface area is 51.3 Å². The Morgan fingerprint density at radius 2 is 2.00 bits per heavy atom. The molecule has 1 atom stereocenters. The fraction of sp³-hybridized carbons (Fsp3) is 0.600. The second-order valence-corrected chi connectivity index (χ2v) is 1.67. The molecule has 54 valence electrons. The molecule has 0 radical (unpaired) electrons. The third-order valence-corrected chi connectivity index (χ3v) is 0.841. The minimum absolute atomic E-state index is 0.219. The average molecular weight is 139 g/mol. The monoisotopic (exact) mass is 139 g/mol. The van der Waals surface area contributed by atoms with Crippen molar-refractivity contribution < 1.29 is 13.2 Å². The Bertz CT molecular complexity index is 96.9. The largest absolute Gasteiger partial charge is 0.403 e. The molecule has 2 N–H and O–H groups in total. The van der Waals surface area contributed by atoms with Crippen molar-refractivity contribution in [1.29, 1.82) is 0 Å². The van der Waals surface area contributed by atoms with Crippen LogP contribution in [0.15, 0.2) is 12.7 Å². The number of nitrogens with two attached hydrogens (primary N) is 1. The van der Waals surface area contributed by atoms with E-state index in [-0.39, 0.29) is 6.42 Å². The molecule has 0 amide bonds. The summed E-state index contributed by atoms with van der Waals surface area (Å²) in [5.74, 6) is 0. The van der Waals surface area contributed by atoms with Gasteiger partial charge in [0.25, 0.3) is 0 Å². The first-order valence-electron chi connectivity index (χ1n) is 2.41. The van der Waals surface area contributed by atoms with E-state index >= 15 is 0 Å². The Morgan fingerprint density at radius 1 is 1.56 bits per heavy atom. The number of alkyl halides is 3. The van der Waals surface area contributed by atoms with E-state index in [1.807, 2.05) is 0 Å². The van der Waals surface area contributed by atoms with Crippen molar-refractivity contribution in [3.05, 3.63) is 12.7 Å². The molecule has 0 unspecified atom stereocenters. The van der Waals surface area contributed by atoms with E-state index < -0.39 is 12.2 Å². The molecule has 0 aliphatic rings. The Morgan fingerprint density at radius 3 is 2.11 bits per heavy atom. The van der Waals surface area contributed by atoms with Gasteiger partial charge in [-0.3, -0.25) is 0 Å². The maximum absolute atomic E-state index is 11.5. The maximum atomic E-state index is 11.5. The molecular weight excluding hydrogens is 131 g/mol. The van der Waals surface area contributed by atoms with Crippen LogP contribution in [-0.4, -0.2) is 12.2 Å². The lowest BCUT2D eigenvalue weighted by atomic mass is 10.2. The van der Waals surface area contributed by atoms with Gasteiger partial charge in [0.05, 0.1) is 0 Å². The molecule has 0 aromatic rings. The molecule has 4 heteroatoms. The van der Waals surface area contributed by atoms with Crippen molar-refractivity contribution in [3.8, 4) is 0 Å². The van der Waals surface area contributed by atoms with Crippen molar-refractivity contribution >= 4 is 0 Å². The zero-order chi connectivity index (χ0) is 7.49.